The van der Waals surface area contributed by atoms with E-state index in [1.807, 2.05) is 24.6 Å². The Kier molecular flexibility index (Phi) is 10.3. The van der Waals surface area contributed by atoms with E-state index in [0.717, 1.165) is 43.4 Å². The van der Waals surface area contributed by atoms with Crippen LogP contribution in [0.5, 0.6) is 0 Å². The molecule has 40 heavy (non-hydrogen) atoms. The van der Waals surface area contributed by atoms with E-state index in [2.05, 4.69) is 21.3 Å². The minimum absolute atomic E-state index is 0.118. The van der Waals surface area contributed by atoms with E-state index in [1.165, 1.54) is 42.6 Å². The Morgan fingerprint density at radius 2 is 1.40 bits per heavy atom. The Labute approximate surface area is 243 Å². The number of likely N-dealkylation sites (tertiary alicyclic amines) is 1. The summed E-state index contributed by atoms with van der Waals surface area (Å²) in [5, 5.41) is 15.9. The fourth-order valence-corrected chi connectivity index (χ4v) is 6.97. The third kappa shape index (κ3) is 7.90. The number of amides is 3. The average molecular weight is 591 g/mol. The van der Waals surface area contributed by atoms with Gasteiger partial charge in [-0.05, 0) is 74.3 Å². The number of ether oxygens (including phenoxy) is 1. The van der Waals surface area contributed by atoms with E-state index in [-0.39, 0.29) is 30.8 Å². The summed E-state index contributed by atoms with van der Waals surface area (Å²) in [6.07, 6.45) is 6.35. The molecule has 2 aliphatic rings. The van der Waals surface area contributed by atoms with Gasteiger partial charge in [-0.1, -0.05) is 0 Å². The molecule has 218 valence electrons. The number of methoxy groups -OCH3 is 1. The molecule has 4 N–H and O–H groups in total. The molecule has 0 radical (unpaired) electrons. The highest BCUT2D eigenvalue weighted by molar-refractivity contribution is 7.13. The smallest absolute Gasteiger partial charge is 0.350 e. The molecule has 3 heterocycles. The van der Waals surface area contributed by atoms with Crippen molar-refractivity contribution in [1.82, 2.24) is 10.6 Å². The maximum atomic E-state index is 13.4. The molecule has 0 bridgehead atoms. The van der Waals surface area contributed by atoms with Gasteiger partial charge in [0.05, 0.1) is 31.6 Å². The van der Waals surface area contributed by atoms with Gasteiger partial charge >= 0.3 is 5.97 Å². The van der Waals surface area contributed by atoms with Crippen molar-refractivity contribution in [2.45, 2.75) is 58.4 Å². The van der Waals surface area contributed by atoms with E-state index in [9.17, 15) is 19.2 Å². The lowest BCUT2D eigenvalue weighted by molar-refractivity contribution is -0.912. The summed E-state index contributed by atoms with van der Waals surface area (Å²) in [5.74, 6) is -1.15. The van der Waals surface area contributed by atoms with E-state index in [4.69, 9.17) is 4.74 Å². The highest BCUT2D eigenvalue weighted by Crippen LogP contribution is 2.30. The molecule has 0 atom stereocenters. The molecule has 0 aromatic carbocycles. The number of aryl methyl sites for hydroxylation is 2. The molecule has 12 heteroatoms. The Morgan fingerprint density at radius 1 is 0.850 bits per heavy atom. The van der Waals surface area contributed by atoms with Crippen molar-refractivity contribution in [2.75, 3.05) is 57.0 Å². The van der Waals surface area contributed by atoms with Crippen molar-refractivity contribution in [3.63, 3.8) is 0 Å². The standard InChI is InChI=1S/C28H39N5O5S2/c1-18-16-39-25(27(36)30-11-10-29-20-8-9-20)23(18)31-21(34)14-33(12-6-4-5-7-13-33)15-22(35)32-24-19(2)17-40-26(24)28(37)38-3/h16-17,20,29H,4-15H2,1-3H3,(H2-,30,31,32,34,35,36,37)/p+1. The second kappa shape index (κ2) is 13.7. The van der Waals surface area contributed by atoms with Crippen LogP contribution in [0.15, 0.2) is 10.8 Å². The van der Waals surface area contributed by atoms with Crippen molar-refractivity contribution in [2.24, 2.45) is 0 Å². The van der Waals surface area contributed by atoms with Crippen LogP contribution in [0.2, 0.25) is 0 Å². The van der Waals surface area contributed by atoms with Gasteiger partial charge in [0.2, 0.25) is 0 Å². The minimum Gasteiger partial charge on any atom is -0.465 e. The molecule has 1 saturated carbocycles. The Morgan fingerprint density at radius 3 is 1.95 bits per heavy atom. The van der Waals surface area contributed by atoms with Crippen molar-refractivity contribution in [3.05, 3.63) is 31.6 Å². The summed E-state index contributed by atoms with van der Waals surface area (Å²) < 4.78 is 5.19. The minimum atomic E-state index is -0.489. The maximum absolute atomic E-state index is 13.4. The van der Waals surface area contributed by atoms with E-state index < -0.39 is 5.97 Å². The molecule has 1 aliphatic heterocycles. The molecule has 3 amide bonds. The normalized spacial score (nSPS) is 16.6. The molecule has 2 fully saturated rings. The van der Waals surface area contributed by atoms with Crippen LogP contribution in [-0.4, -0.2) is 80.6 Å². The maximum Gasteiger partial charge on any atom is 0.350 e. The number of nitrogens with zero attached hydrogens (tertiary/aromatic N) is 1. The first-order chi connectivity index (χ1) is 19.2. The van der Waals surface area contributed by atoms with E-state index in [1.54, 1.807) is 0 Å². The second-order valence-electron chi connectivity index (χ2n) is 10.8. The third-order valence-corrected chi connectivity index (χ3v) is 9.62. The quantitative estimate of drug-likeness (QED) is 0.170. The van der Waals surface area contributed by atoms with Gasteiger partial charge < -0.3 is 30.5 Å². The van der Waals surface area contributed by atoms with E-state index in [0.29, 0.717) is 51.3 Å². The van der Waals surface area contributed by atoms with Crippen LogP contribution in [0.1, 0.15) is 69.0 Å². The molecule has 1 saturated heterocycles. The van der Waals surface area contributed by atoms with Gasteiger partial charge in [-0.15, -0.1) is 22.7 Å². The van der Waals surface area contributed by atoms with Crippen LogP contribution in [0.25, 0.3) is 0 Å². The van der Waals surface area contributed by atoms with Crippen LogP contribution in [0, 0.1) is 13.8 Å². The van der Waals surface area contributed by atoms with Gasteiger partial charge in [-0.3, -0.25) is 14.4 Å². The first kappa shape index (κ1) is 30.2. The van der Waals surface area contributed by atoms with Crippen molar-refractivity contribution < 1.29 is 28.4 Å². The Bertz CT molecular complexity index is 1230. The van der Waals surface area contributed by atoms with Crippen LogP contribution >= 0.6 is 22.7 Å². The molecular formula is C28H40N5O5S2+. The fourth-order valence-electron chi connectivity index (χ4n) is 5.13. The number of carbonyl (C=O) groups is 4. The molecule has 2 aromatic rings. The summed E-state index contributed by atoms with van der Waals surface area (Å²) in [6.45, 7) is 6.61. The molecule has 0 unspecified atom stereocenters. The highest BCUT2D eigenvalue weighted by Gasteiger charge is 2.35. The molecule has 2 aromatic heterocycles. The zero-order valence-electron chi connectivity index (χ0n) is 23.5. The topological polar surface area (TPSA) is 126 Å². The number of quaternary nitrogens is 1. The van der Waals surface area contributed by atoms with Crippen molar-refractivity contribution in [1.29, 1.82) is 0 Å². The number of carbonyl (C=O) groups excluding carboxylic acids is 4. The second-order valence-corrected chi connectivity index (χ2v) is 12.6. The number of thiophene rings is 2. The predicted octanol–water partition coefficient (Wildman–Crippen LogP) is 3.66. The lowest BCUT2D eigenvalue weighted by atomic mass is 10.2. The van der Waals surface area contributed by atoms with Gasteiger partial charge in [-0.25, -0.2) is 4.79 Å². The summed E-state index contributed by atoms with van der Waals surface area (Å²) in [6, 6.07) is 0.580. The molecule has 10 nitrogen and oxygen atoms in total. The largest absolute Gasteiger partial charge is 0.465 e. The number of esters is 1. The monoisotopic (exact) mass is 590 g/mol. The Hall–Kier alpha value is -2.80. The summed E-state index contributed by atoms with van der Waals surface area (Å²) in [4.78, 5) is 52.7. The summed E-state index contributed by atoms with van der Waals surface area (Å²) >= 11 is 2.55. The third-order valence-electron chi connectivity index (χ3n) is 7.45. The number of hydrogen-bond donors (Lipinski definition) is 4. The van der Waals surface area contributed by atoms with Crippen LogP contribution in [0.3, 0.4) is 0 Å². The highest BCUT2D eigenvalue weighted by atomic mass is 32.1. The summed E-state index contributed by atoms with van der Waals surface area (Å²) in [7, 11) is 1.32. The van der Waals surface area contributed by atoms with Crippen LogP contribution < -0.4 is 21.3 Å². The van der Waals surface area contributed by atoms with Gasteiger partial charge in [0.15, 0.2) is 13.1 Å². The SMILES string of the molecule is COC(=O)c1scc(C)c1NC(=O)C[N+]1(CC(=O)Nc2c(C)csc2C(=O)NCCNC2CC2)CCCCCC1. The van der Waals surface area contributed by atoms with Gasteiger partial charge in [0.25, 0.3) is 17.7 Å². The first-order valence-corrected chi connectivity index (χ1v) is 15.7. The molecular weight excluding hydrogens is 550 g/mol. The number of nitrogens with one attached hydrogen (secondary N) is 4. The van der Waals surface area contributed by atoms with Gasteiger partial charge in [-0.2, -0.15) is 0 Å². The van der Waals surface area contributed by atoms with Crippen LogP contribution in [0.4, 0.5) is 11.4 Å². The number of rotatable bonds is 12. The van der Waals surface area contributed by atoms with Crippen molar-refractivity contribution >= 4 is 57.7 Å². The zero-order chi connectivity index (χ0) is 28.7. The van der Waals surface area contributed by atoms with E-state index >= 15 is 0 Å². The van der Waals surface area contributed by atoms with Crippen LogP contribution in [-0.2, 0) is 14.3 Å². The average Bonchev–Trinajstić information content (AvgIpc) is 3.64. The van der Waals surface area contributed by atoms with Gasteiger partial charge in [0.1, 0.15) is 9.75 Å². The molecule has 0 spiro atoms. The first-order valence-electron chi connectivity index (χ1n) is 13.9. The molecule has 1 aliphatic carbocycles. The number of hydrogen-bond acceptors (Lipinski definition) is 8. The zero-order valence-corrected chi connectivity index (χ0v) is 25.2. The van der Waals surface area contributed by atoms with Gasteiger partial charge in [0, 0.05) is 19.1 Å². The lowest BCUT2D eigenvalue weighted by Gasteiger charge is -2.36. The number of anilines is 2. The predicted molar refractivity (Wildman–Crippen MR) is 158 cm³/mol. The Balaban J connectivity index is 1.42. The fraction of sp³-hybridized carbons (Fsp3) is 0.571. The van der Waals surface area contributed by atoms with Crippen molar-refractivity contribution in [3.8, 4) is 0 Å². The summed E-state index contributed by atoms with van der Waals surface area (Å²) in [5.41, 5.74) is 2.64. The molecule has 4 rings (SSSR count). The lowest BCUT2D eigenvalue weighted by Crippen LogP contribution is -2.56.